The zero-order chi connectivity index (χ0) is 5.41. The van der Waals surface area contributed by atoms with Gasteiger partial charge in [0.2, 0.25) is 0 Å². The summed E-state index contributed by atoms with van der Waals surface area (Å²) in [6.07, 6.45) is 9.90. The van der Waals surface area contributed by atoms with Gasteiger partial charge in [0.25, 0.3) is 0 Å². The Balaban J connectivity index is -0.00000000571. The quantitative estimate of drug-likeness (QED) is 0.515. The van der Waals surface area contributed by atoms with Crippen molar-refractivity contribution in [1.29, 1.82) is 0 Å². The van der Waals surface area contributed by atoms with Crippen molar-refractivity contribution in [3.05, 3.63) is 0 Å². The molecule has 0 aromatic heterocycles. The Morgan fingerprint density at radius 3 is 1.00 bits per heavy atom. The number of hydrogen-bond donors (Lipinski definition) is 0. The average molecular weight is 391 g/mol. The van der Waals surface area contributed by atoms with E-state index in [0.717, 1.165) is 0 Å². The van der Waals surface area contributed by atoms with Gasteiger partial charge in [0.15, 0.2) is 0 Å². The Hall–Kier alpha value is 4.85. The normalized spacial score (nSPS) is 2.00. The predicted molar refractivity (Wildman–Crippen MR) is 44.9 cm³/mol. The minimum atomic E-state index is -0.931. The zero-order valence-corrected chi connectivity index (χ0v) is 15.8. The van der Waals surface area contributed by atoms with Gasteiger partial charge >= 0.3 is 116 Å². The van der Waals surface area contributed by atoms with E-state index in [9.17, 15) is 0 Å². The van der Waals surface area contributed by atoms with E-state index in [-0.39, 0.29) is 68.2 Å². The Bertz CT molecular complexity index is 21.2. The van der Waals surface area contributed by atoms with Gasteiger partial charge in [0.05, 0.1) is 0 Å². The smallest absolute Gasteiger partial charge is 0 e. The second-order valence-corrected chi connectivity index (χ2v) is 8.47. The van der Waals surface area contributed by atoms with E-state index in [1.54, 1.807) is 0 Å². The second-order valence-electron chi connectivity index (χ2n) is 0.202. The molecule has 0 spiro atoms. The van der Waals surface area contributed by atoms with Crippen LogP contribution in [-0.4, -0.2) is 79.5 Å². The third-order valence-electron chi connectivity index (χ3n) is 0. The summed E-state index contributed by atoms with van der Waals surface area (Å²) >= 11 is -1.86. The van der Waals surface area contributed by atoms with E-state index in [0.29, 0.717) is 0 Å². The molecule has 54 valence electrons. The fourth-order valence-corrected chi connectivity index (χ4v) is 0. The van der Waals surface area contributed by atoms with Crippen LogP contribution in [-0.2, 0) is 34.6 Å². The van der Waals surface area contributed by atoms with Gasteiger partial charge in [-0.2, -0.15) is 0 Å². The molecule has 0 saturated carbocycles. The van der Waals surface area contributed by atoms with E-state index < -0.39 is 46.0 Å². The van der Waals surface area contributed by atoms with Crippen LogP contribution in [0.1, 0.15) is 0 Å². The molecule has 0 aromatic rings. The van der Waals surface area contributed by atoms with Gasteiger partial charge in [0, 0.05) is 19.5 Å². The van der Waals surface area contributed by atoms with Crippen LogP contribution >= 0.6 is 32.2 Å². The molecule has 2 nitrogen and oxygen atoms in total. The fraction of sp³-hybridized carbons (Fsp3) is 0. The van der Waals surface area contributed by atoms with Crippen molar-refractivity contribution in [2.45, 2.75) is 0 Å². The Kier molecular flexibility index (Phi) is 177. The number of hydrogen-bond acceptors (Lipinski definition) is 0. The second kappa shape index (κ2) is 48.8. The fourth-order valence-electron chi connectivity index (χ4n) is 0. The topological polar surface area (TPSA) is 63.0 Å². The molecule has 0 saturated heterocycles. The molecule has 0 radical (unpaired) electrons. The molecule has 4 N–H and O–H groups in total. The maximum atomic E-state index is 4.95. The van der Waals surface area contributed by atoms with Gasteiger partial charge < -0.3 is 11.0 Å². The molecule has 0 unspecified atom stereocenters. The molecule has 0 amide bonds. The van der Waals surface area contributed by atoms with Gasteiger partial charge in [-0.25, -0.2) is 0 Å². The molecule has 0 aliphatic rings. The van der Waals surface area contributed by atoms with E-state index in [2.05, 4.69) is 0 Å². The van der Waals surface area contributed by atoms with Crippen LogP contribution < -0.4 is 0 Å². The predicted octanol–water partition coefficient (Wildman–Crippen LogP) is -0.193. The average Bonchev–Trinajstić information content (AvgIpc) is 1.39. The molecule has 0 aliphatic heterocycles. The molecular weight excluding hydrogens is 385 g/mol. The first kappa shape index (κ1) is 36.4. The van der Waals surface area contributed by atoms with Crippen molar-refractivity contribution in [3.8, 4) is 0 Å². The van der Waals surface area contributed by atoms with E-state index in [1.807, 2.05) is 0 Å². The van der Waals surface area contributed by atoms with E-state index >= 15 is 0 Å². The summed E-state index contributed by atoms with van der Waals surface area (Å²) in [5, 5.41) is 0. The van der Waals surface area contributed by atoms with Crippen LogP contribution in [0.3, 0.4) is 0 Å². The molecule has 0 atom stereocenters. The van der Waals surface area contributed by atoms with Gasteiger partial charge in [0.1, 0.15) is 0 Å². The monoisotopic (exact) mass is 386 g/mol. The van der Waals surface area contributed by atoms with Gasteiger partial charge in [-0.1, -0.05) is 0 Å². The summed E-state index contributed by atoms with van der Waals surface area (Å²) in [5.74, 6) is 0. The van der Waals surface area contributed by atoms with E-state index in [4.69, 9.17) is 32.2 Å². The van der Waals surface area contributed by atoms with Crippen LogP contribution in [0, 0.1) is 0 Å². The van der Waals surface area contributed by atoms with Crippen LogP contribution in [0.5, 0.6) is 0 Å². The molecule has 0 rings (SSSR count). The minimum Gasteiger partial charge on any atom is 0 e. The van der Waals surface area contributed by atoms with Gasteiger partial charge in [-0.15, -0.1) is 0 Å². The molecule has 0 fully saturated rings. The van der Waals surface area contributed by atoms with Crippen LogP contribution in [0.4, 0.5) is 0 Å². The standard InChI is InChI=1S/2Ca.4ClH.2H2O.2Zn.2H/h;;4*1H;2*1H2;;;;/q;+2;;;;;;;;+2;;/p-4. The van der Waals surface area contributed by atoms with Crippen LogP contribution in [0.15, 0.2) is 0 Å². The summed E-state index contributed by atoms with van der Waals surface area (Å²) < 4.78 is 0. The Labute approximate surface area is 142 Å². The minimum absolute atomic E-state index is 0. The van der Waals surface area contributed by atoms with Gasteiger partial charge in [-0.3, -0.25) is 0 Å². The third-order valence-corrected chi connectivity index (χ3v) is 0. The zero-order valence-electron chi connectivity index (χ0n) is 4.63. The number of rotatable bonds is 0. The van der Waals surface area contributed by atoms with Crippen molar-refractivity contribution in [2.75, 3.05) is 0 Å². The van der Waals surface area contributed by atoms with Crippen molar-refractivity contribution in [2.24, 2.45) is 0 Å². The van der Waals surface area contributed by atoms with Gasteiger partial charge in [-0.05, 0) is 0 Å². The molecule has 0 heterocycles. The van der Waals surface area contributed by atoms with Crippen LogP contribution in [0.2, 0.25) is 0 Å². The van der Waals surface area contributed by atoms with E-state index in [1.165, 1.54) is 0 Å². The molecular formula is H6Ca2Cl4O2Zn2. The molecule has 10 heteroatoms. The summed E-state index contributed by atoms with van der Waals surface area (Å²) in [7, 11) is 9.90. The molecule has 0 aliphatic carbocycles. The Morgan fingerprint density at radius 1 is 1.00 bits per heavy atom. The first-order valence-electron chi connectivity index (χ1n) is 1.07. The van der Waals surface area contributed by atoms with Crippen LogP contribution in [0.25, 0.3) is 0 Å². The largest absolute Gasteiger partial charge is 0 e. The number of halogens is 4. The van der Waals surface area contributed by atoms with Crippen molar-refractivity contribution in [3.63, 3.8) is 0 Å². The van der Waals surface area contributed by atoms with Crippen molar-refractivity contribution >= 4 is 101 Å². The summed E-state index contributed by atoms with van der Waals surface area (Å²) in [4.78, 5) is 0. The maximum absolute atomic E-state index is 4.95. The first-order valence-corrected chi connectivity index (χ1v) is 14.9. The SMILES string of the molecule is O.O.[CaH2].[Cl][Ca][Cl].[Cl][Zn][Cl].[Zn]. The maximum Gasteiger partial charge on any atom is 0 e. The first-order chi connectivity index (χ1) is 2.83. The summed E-state index contributed by atoms with van der Waals surface area (Å²) in [6.45, 7) is 0. The molecule has 0 bridgehead atoms. The van der Waals surface area contributed by atoms with Crippen molar-refractivity contribution < 1.29 is 45.6 Å². The third kappa shape index (κ3) is 76.8. The molecule has 10 heavy (non-hydrogen) atoms. The molecule has 0 aromatic carbocycles. The summed E-state index contributed by atoms with van der Waals surface area (Å²) in [5.41, 5.74) is 0. The summed E-state index contributed by atoms with van der Waals surface area (Å²) in [6, 6.07) is 0. The Morgan fingerprint density at radius 2 is 1.00 bits per heavy atom. The van der Waals surface area contributed by atoms with Crippen molar-refractivity contribution in [1.82, 2.24) is 0 Å².